The van der Waals surface area contributed by atoms with Crippen LogP contribution < -0.4 is 5.73 Å². The number of pyridine rings is 1. The minimum atomic E-state index is -0.342. The third kappa shape index (κ3) is 4.52. The van der Waals surface area contributed by atoms with Crippen molar-refractivity contribution >= 4 is 11.8 Å². The Morgan fingerprint density at radius 3 is 2.81 bits per heavy atom. The molecule has 0 radical (unpaired) electrons. The summed E-state index contributed by atoms with van der Waals surface area (Å²) in [6.45, 7) is 1.81. The lowest BCUT2D eigenvalue weighted by molar-refractivity contribution is -0.123. The lowest BCUT2D eigenvalue weighted by atomic mass is 9.96. The van der Waals surface area contributed by atoms with Crippen LogP contribution in [0.25, 0.3) is 11.1 Å². The molecule has 0 aliphatic carbocycles. The minimum absolute atomic E-state index is 0.144. The number of primary amides is 1. The van der Waals surface area contributed by atoms with Crippen LogP contribution in [0.4, 0.5) is 0 Å². The summed E-state index contributed by atoms with van der Waals surface area (Å²) in [5.41, 5.74) is 8.82. The highest BCUT2D eigenvalue weighted by Gasteiger charge is 2.29. The summed E-state index contributed by atoms with van der Waals surface area (Å²) >= 11 is 0. The van der Waals surface area contributed by atoms with Crippen LogP contribution >= 0.6 is 0 Å². The van der Waals surface area contributed by atoms with Gasteiger partial charge in [-0.3, -0.25) is 14.6 Å². The fourth-order valence-electron chi connectivity index (χ4n) is 3.55. The van der Waals surface area contributed by atoms with Crippen LogP contribution in [-0.4, -0.2) is 53.8 Å². The highest BCUT2D eigenvalue weighted by Crippen LogP contribution is 2.26. The average Bonchev–Trinajstić information content (AvgIpc) is 2.67. The van der Waals surface area contributed by atoms with E-state index in [0.29, 0.717) is 18.8 Å². The van der Waals surface area contributed by atoms with Gasteiger partial charge in [0.1, 0.15) is 5.69 Å². The van der Waals surface area contributed by atoms with E-state index in [1.54, 1.807) is 11.1 Å². The van der Waals surface area contributed by atoms with Crippen LogP contribution in [0.15, 0.2) is 42.6 Å². The molecule has 0 unspecified atom stereocenters. The molecule has 2 heterocycles. The molecule has 2 N–H and O–H groups in total. The molecule has 1 aromatic heterocycles. The van der Waals surface area contributed by atoms with Gasteiger partial charge in [0.15, 0.2) is 0 Å². The molecule has 0 saturated carbocycles. The fourth-order valence-corrected chi connectivity index (χ4v) is 3.55. The number of rotatable bonds is 5. The lowest BCUT2D eigenvalue weighted by Crippen LogP contribution is -2.44. The second kappa shape index (κ2) is 8.31. The molecule has 2 aromatic rings. The predicted octanol–water partition coefficient (Wildman–Crippen LogP) is 2.15. The second-order valence-electron chi connectivity index (χ2n) is 7.33. The zero-order chi connectivity index (χ0) is 19.4. The van der Waals surface area contributed by atoms with E-state index in [9.17, 15) is 9.59 Å². The van der Waals surface area contributed by atoms with Crippen LogP contribution in [0.2, 0.25) is 0 Å². The Labute approximate surface area is 160 Å². The molecule has 1 aliphatic rings. The first-order chi connectivity index (χ1) is 13.0. The highest BCUT2D eigenvalue weighted by atomic mass is 16.2. The van der Waals surface area contributed by atoms with E-state index in [-0.39, 0.29) is 17.7 Å². The van der Waals surface area contributed by atoms with Crippen molar-refractivity contribution in [1.82, 2.24) is 14.8 Å². The number of nitrogens with two attached hydrogens (primary N) is 1. The quantitative estimate of drug-likeness (QED) is 0.879. The lowest BCUT2D eigenvalue weighted by Gasteiger charge is -2.31. The Kier molecular flexibility index (Phi) is 5.86. The Hall–Kier alpha value is -2.73. The van der Waals surface area contributed by atoms with Gasteiger partial charge in [-0.05, 0) is 50.2 Å². The second-order valence-corrected chi connectivity index (χ2v) is 7.33. The number of likely N-dealkylation sites (tertiary alicyclic amines) is 1. The number of piperidine rings is 1. The topological polar surface area (TPSA) is 79.5 Å². The molecule has 3 rings (SSSR count). The van der Waals surface area contributed by atoms with E-state index in [1.807, 2.05) is 38.4 Å². The van der Waals surface area contributed by atoms with Gasteiger partial charge in [-0.2, -0.15) is 0 Å². The molecule has 1 aromatic carbocycles. The van der Waals surface area contributed by atoms with Crippen molar-refractivity contribution in [2.24, 2.45) is 11.7 Å². The number of aromatic nitrogens is 1. The van der Waals surface area contributed by atoms with Gasteiger partial charge in [-0.15, -0.1) is 0 Å². The van der Waals surface area contributed by atoms with Crippen molar-refractivity contribution in [3.63, 3.8) is 0 Å². The summed E-state index contributed by atoms with van der Waals surface area (Å²) in [6.07, 6.45) is 3.15. The summed E-state index contributed by atoms with van der Waals surface area (Å²) in [6, 6.07) is 11.9. The molecule has 1 atom stereocenters. The van der Waals surface area contributed by atoms with E-state index in [1.165, 1.54) is 5.56 Å². The molecule has 1 fully saturated rings. The third-order valence-electron chi connectivity index (χ3n) is 4.86. The normalized spacial score (nSPS) is 17.1. The monoisotopic (exact) mass is 366 g/mol. The molecule has 142 valence electrons. The first kappa shape index (κ1) is 19.0. The Morgan fingerprint density at radius 1 is 1.26 bits per heavy atom. The van der Waals surface area contributed by atoms with E-state index in [4.69, 9.17) is 5.73 Å². The van der Waals surface area contributed by atoms with Crippen molar-refractivity contribution in [1.29, 1.82) is 0 Å². The molecule has 0 spiro atoms. The maximum absolute atomic E-state index is 13.1. The minimum Gasteiger partial charge on any atom is -0.369 e. The molecule has 27 heavy (non-hydrogen) atoms. The van der Waals surface area contributed by atoms with Gasteiger partial charge in [0.25, 0.3) is 5.91 Å². The van der Waals surface area contributed by atoms with Gasteiger partial charge >= 0.3 is 0 Å². The maximum Gasteiger partial charge on any atom is 0.273 e. The van der Waals surface area contributed by atoms with E-state index < -0.39 is 0 Å². The molecule has 1 aliphatic heterocycles. The third-order valence-corrected chi connectivity index (χ3v) is 4.86. The molecule has 6 nitrogen and oxygen atoms in total. The molecule has 1 saturated heterocycles. The Morgan fingerprint density at radius 2 is 2.07 bits per heavy atom. The maximum atomic E-state index is 13.1. The number of carbonyl (C=O) groups is 2. The van der Waals surface area contributed by atoms with Crippen molar-refractivity contribution in [2.75, 3.05) is 27.2 Å². The highest BCUT2D eigenvalue weighted by molar-refractivity contribution is 5.99. The van der Waals surface area contributed by atoms with Crippen molar-refractivity contribution in [2.45, 2.75) is 19.4 Å². The van der Waals surface area contributed by atoms with E-state index in [0.717, 1.165) is 30.5 Å². The van der Waals surface area contributed by atoms with Crippen LogP contribution in [0.3, 0.4) is 0 Å². The number of carbonyl (C=O) groups excluding carboxylic acids is 2. The molecular weight excluding hydrogens is 340 g/mol. The largest absolute Gasteiger partial charge is 0.369 e. The van der Waals surface area contributed by atoms with Crippen molar-refractivity contribution < 1.29 is 9.59 Å². The Balaban J connectivity index is 1.90. The SMILES string of the molecule is CN(C)Cc1cccc(-c2cccnc2C(=O)N2CCC[C@@H](C(N)=O)C2)c1. The van der Waals surface area contributed by atoms with Gasteiger partial charge in [0.05, 0.1) is 5.92 Å². The summed E-state index contributed by atoms with van der Waals surface area (Å²) in [5.74, 6) is -0.766. The van der Waals surface area contributed by atoms with Gasteiger partial charge < -0.3 is 15.5 Å². The molecule has 2 amide bonds. The van der Waals surface area contributed by atoms with E-state index in [2.05, 4.69) is 22.0 Å². The number of nitrogens with zero attached hydrogens (tertiary/aromatic N) is 3. The summed E-state index contributed by atoms with van der Waals surface area (Å²) in [5, 5.41) is 0. The van der Waals surface area contributed by atoms with Crippen LogP contribution in [0.5, 0.6) is 0 Å². The Bertz CT molecular complexity index is 834. The molecule has 6 heteroatoms. The molecular formula is C21H26N4O2. The average molecular weight is 366 g/mol. The number of benzene rings is 1. The smallest absolute Gasteiger partial charge is 0.273 e. The van der Waals surface area contributed by atoms with Gasteiger partial charge in [0.2, 0.25) is 5.91 Å². The van der Waals surface area contributed by atoms with Gasteiger partial charge in [0, 0.05) is 31.4 Å². The number of amides is 2. The van der Waals surface area contributed by atoms with Gasteiger partial charge in [-0.25, -0.2) is 0 Å². The standard InChI is InChI=1S/C21H26N4O2/c1-24(2)13-15-6-3-7-16(12-15)18-9-4-10-23-19(18)21(27)25-11-5-8-17(14-25)20(22)26/h3-4,6-7,9-10,12,17H,5,8,11,13-14H2,1-2H3,(H2,22,26)/t17-/m1/s1. The number of hydrogen-bond acceptors (Lipinski definition) is 4. The summed E-state index contributed by atoms with van der Waals surface area (Å²) in [7, 11) is 4.05. The van der Waals surface area contributed by atoms with Crippen molar-refractivity contribution in [3.8, 4) is 11.1 Å². The first-order valence-corrected chi connectivity index (χ1v) is 9.23. The summed E-state index contributed by atoms with van der Waals surface area (Å²) < 4.78 is 0. The van der Waals surface area contributed by atoms with Gasteiger partial charge in [-0.1, -0.05) is 24.3 Å². The number of hydrogen-bond donors (Lipinski definition) is 1. The van der Waals surface area contributed by atoms with Crippen molar-refractivity contribution in [3.05, 3.63) is 53.9 Å². The zero-order valence-electron chi connectivity index (χ0n) is 15.9. The molecule has 0 bridgehead atoms. The first-order valence-electron chi connectivity index (χ1n) is 9.23. The predicted molar refractivity (Wildman–Crippen MR) is 105 cm³/mol. The van der Waals surface area contributed by atoms with Crippen LogP contribution in [0.1, 0.15) is 28.9 Å². The van der Waals surface area contributed by atoms with E-state index >= 15 is 0 Å². The zero-order valence-corrected chi connectivity index (χ0v) is 15.9. The fraction of sp³-hybridized carbons (Fsp3) is 0.381. The van der Waals surface area contributed by atoms with Crippen LogP contribution in [0, 0.1) is 5.92 Å². The van der Waals surface area contributed by atoms with Crippen LogP contribution in [-0.2, 0) is 11.3 Å². The summed E-state index contributed by atoms with van der Waals surface area (Å²) in [4.78, 5) is 32.8.